The third kappa shape index (κ3) is 5.70. The number of carbonyl (C=O) groups excluding carboxylic acids is 2. The van der Waals surface area contributed by atoms with Crippen molar-refractivity contribution >= 4 is 23.8 Å². The highest BCUT2D eigenvalue weighted by molar-refractivity contribution is 8.00. The van der Waals surface area contributed by atoms with Crippen LogP contribution in [0, 0.1) is 0 Å². The molecule has 1 aliphatic rings. The first-order valence-electron chi connectivity index (χ1n) is 11.8. The summed E-state index contributed by atoms with van der Waals surface area (Å²) in [6, 6.07) is 27.5. The van der Waals surface area contributed by atoms with Crippen molar-refractivity contribution in [3.8, 4) is 11.1 Å². The second kappa shape index (κ2) is 11.0. The van der Waals surface area contributed by atoms with Crippen LogP contribution in [-0.2, 0) is 25.6 Å². The Morgan fingerprint density at radius 3 is 2.14 bits per heavy atom. The Morgan fingerprint density at radius 2 is 1.54 bits per heavy atom. The lowest BCUT2D eigenvalue weighted by atomic mass is 9.93. The highest BCUT2D eigenvalue weighted by atomic mass is 32.2. The molecule has 0 saturated carbocycles. The number of benzene rings is 3. The maximum Gasteiger partial charge on any atom is 0.410 e. The van der Waals surface area contributed by atoms with Crippen LogP contribution < -0.4 is 0 Å². The summed E-state index contributed by atoms with van der Waals surface area (Å²) in [4.78, 5) is 27.5. The Balaban J connectivity index is 1.62. The monoisotopic (exact) mass is 489 g/mol. The molecule has 0 aromatic heterocycles. The molecule has 6 heteroatoms. The number of esters is 1. The summed E-state index contributed by atoms with van der Waals surface area (Å²) >= 11 is 1.77. The van der Waals surface area contributed by atoms with E-state index in [0.717, 1.165) is 22.3 Å². The third-order valence-electron chi connectivity index (χ3n) is 6.22. The van der Waals surface area contributed by atoms with Gasteiger partial charge in [-0.15, -0.1) is 11.8 Å². The Hall–Kier alpha value is -3.25. The largest absolute Gasteiger partial charge is 0.467 e. The number of amides is 1. The van der Waals surface area contributed by atoms with Gasteiger partial charge in [0.2, 0.25) is 0 Å². The van der Waals surface area contributed by atoms with Crippen LogP contribution in [0.3, 0.4) is 0 Å². The van der Waals surface area contributed by atoms with Gasteiger partial charge in [0.05, 0.1) is 11.9 Å². The molecule has 1 amide bonds. The number of ether oxygens (including phenoxy) is 2. The van der Waals surface area contributed by atoms with Crippen molar-refractivity contribution in [2.45, 2.75) is 42.9 Å². The van der Waals surface area contributed by atoms with Crippen molar-refractivity contribution in [1.82, 2.24) is 4.90 Å². The van der Waals surface area contributed by atoms with Gasteiger partial charge in [0.25, 0.3) is 0 Å². The second-order valence-electron chi connectivity index (χ2n) is 9.02. The molecule has 4 rings (SSSR count). The van der Waals surface area contributed by atoms with Crippen molar-refractivity contribution < 1.29 is 19.1 Å². The number of likely N-dealkylation sites (tertiary alicyclic amines) is 1. The van der Waals surface area contributed by atoms with Crippen LogP contribution in [0.5, 0.6) is 0 Å². The van der Waals surface area contributed by atoms with Crippen LogP contribution in [0.4, 0.5) is 4.79 Å². The van der Waals surface area contributed by atoms with Crippen molar-refractivity contribution in [2.75, 3.05) is 13.7 Å². The van der Waals surface area contributed by atoms with Crippen molar-refractivity contribution in [3.63, 3.8) is 0 Å². The number of hydrogen-bond acceptors (Lipinski definition) is 5. The zero-order valence-corrected chi connectivity index (χ0v) is 21.2. The first-order chi connectivity index (χ1) is 16.9. The van der Waals surface area contributed by atoms with E-state index in [9.17, 15) is 9.59 Å². The van der Waals surface area contributed by atoms with E-state index in [1.807, 2.05) is 48.5 Å². The quantitative estimate of drug-likeness (QED) is 0.366. The van der Waals surface area contributed by atoms with Crippen molar-refractivity contribution in [2.24, 2.45) is 0 Å². The van der Waals surface area contributed by atoms with Gasteiger partial charge in [-0.25, -0.2) is 9.59 Å². The SMILES string of the molecule is COC(=O)C1CC(SC(C)C)(c2ccc(-c3ccccc3)cc2)CN1C(=O)OCc1ccccc1. The summed E-state index contributed by atoms with van der Waals surface area (Å²) < 4.78 is 10.3. The van der Waals surface area contributed by atoms with Gasteiger partial charge in [0, 0.05) is 6.54 Å². The first kappa shape index (κ1) is 24.9. The molecule has 182 valence electrons. The molecule has 0 bridgehead atoms. The molecule has 1 fully saturated rings. The van der Waals surface area contributed by atoms with E-state index in [1.165, 1.54) is 12.0 Å². The summed E-state index contributed by atoms with van der Waals surface area (Å²) in [5.74, 6) is -0.422. The lowest BCUT2D eigenvalue weighted by molar-refractivity contribution is -0.145. The molecule has 0 radical (unpaired) electrons. The Labute approximate surface area is 211 Å². The molecule has 0 N–H and O–H groups in total. The molecule has 1 saturated heterocycles. The number of thioether (sulfide) groups is 1. The Bertz CT molecular complexity index is 1130. The standard InChI is InChI=1S/C29H31NO4S/c1-21(2)35-29(25-16-14-24(15-17-25)23-12-8-5-9-13-23)18-26(27(31)33-3)30(20-29)28(32)34-19-22-10-6-4-7-11-22/h4-17,21,26H,18-20H2,1-3H3. The Morgan fingerprint density at radius 1 is 0.943 bits per heavy atom. The predicted molar refractivity (Wildman–Crippen MR) is 140 cm³/mol. The summed E-state index contributed by atoms with van der Waals surface area (Å²) in [6.45, 7) is 4.79. The van der Waals surface area contributed by atoms with Gasteiger partial charge in [-0.1, -0.05) is 98.8 Å². The molecule has 3 aromatic rings. The summed E-state index contributed by atoms with van der Waals surface area (Å²) in [5.41, 5.74) is 4.26. The van der Waals surface area contributed by atoms with Crippen molar-refractivity contribution in [3.05, 3.63) is 96.1 Å². The molecule has 2 unspecified atom stereocenters. The topological polar surface area (TPSA) is 55.8 Å². The van der Waals surface area contributed by atoms with Crippen LogP contribution in [0.2, 0.25) is 0 Å². The lowest BCUT2D eigenvalue weighted by Crippen LogP contribution is -2.41. The average molecular weight is 490 g/mol. The molecule has 3 aromatic carbocycles. The normalized spacial score (nSPS) is 19.5. The highest BCUT2D eigenvalue weighted by Crippen LogP contribution is 2.49. The molecule has 2 atom stereocenters. The molecule has 1 heterocycles. The van der Waals surface area contributed by atoms with Crippen LogP contribution in [-0.4, -0.2) is 41.9 Å². The molecule has 35 heavy (non-hydrogen) atoms. The minimum absolute atomic E-state index is 0.153. The van der Waals surface area contributed by atoms with Gasteiger partial charge in [0.1, 0.15) is 12.6 Å². The third-order valence-corrected chi connectivity index (χ3v) is 7.67. The van der Waals surface area contributed by atoms with Gasteiger partial charge in [-0.2, -0.15) is 0 Å². The summed E-state index contributed by atoms with van der Waals surface area (Å²) in [6.07, 6.45) is -0.0374. The van der Waals surface area contributed by atoms with Gasteiger partial charge in [0.15, 0.2) is 0 Å². The predicted octanol–water partition coefficient (Wildman–Crippen LogP) is 6.27. The molecule has 0 spiro atoms. The second-order valence-corrected chi connectivity index (χ2v) is 11.0. The summed E-state index contributed by atoms with van der Waals surface area (Å²) in [5, 5.41) is 0.294. The molecule has 1 aliphatic heterocycles. The number of carbonyl (C=O) groups is 2. The number of hydrogen-bond donors (Lipinski definition) is 0. The zero-order chi connectivity index (χ0) is 24.8. The number of methoxy groups -OCH3 is 1. The fraction of sp³-hybridized carbons (Fsp3) is 0.310. The Kier molecular flexibility index (Phi) is 7.81. The zero-order valence-electron chi connectivity index (χ0n) is 20.3. The molecular weight excluding hydrogens is 458 g/mol. The van der Waals surface area contributed by atoms with E-state index < -0.39 is 22.9 Å². The van der Waals surface area contributed by atoms with Crippen LogP contribution >= 0.6 is 11.8 Å². The molecule has 0 aliphatic carbocycles. The van der Waals surface area contributed by atoms with E-state index in [2.05, 4.69) is 50.2 Å². The van der Waals surface area contributed by atoms with Gasteiger partial charge in [-0.3, -0.25) is 4.90 Å². The van der Waals surface area contributed by atoms with E-state index in [1.54, 1.807) is 11.8 Å². The molecule has 5 nitrogen and oxygen atoms in total. The average Bonchev–Trinajstić information content (AvgIpc) is 3.28. The fourth-order valence-corrected chi connectivity index (χ4v) is 6.27. The van der Waals surface area contributed by atoms with Crippen LogP contribution in [0.25, 0.3) is 11.1 Å². The summed E-state index contributed by atoms with van der Waals surface area (Å²) in [7, 11) is 1.36. The minimum atomic E-state index is -0.705. The van der Waals surface area contributed by atoms with Gasteiger partial charge < -0.3 is 9.47 Å². The fourth-order valence-electron chi connectivity index (χ4n) is 4.62. The van der Waals surface area contributed by atoms with E-state index in [0.29, 0.717) is 18.2 Å². The lowest BCUT2D eigenvalue weighted by Gasteiger charge is -2.31. The van der Waals surface area contributed by atoms with Gasteiger partial charge in [-0.05, 0) is 33.9 Å². The van der Waals surface area contributed by atoms with Crippen molar-refractivity contribution in [1.29, 1.82) is 0 Å². The van der Waals surface area contributed by atoms with E-state index >= 15 is 0 Å². The van der Waals surface area contributed by atoms with Gasteiger partial charge >= 0.3 is 12.1 Å². The van der Waals surface area contributed by atoms with Crippen LogP contribution in [0.1, 0.15) is 31.4 Å². The minimum Gasteiger partial charge on any atom is -0.467 e. The first-order valence-corrected chi connectivity index (χ1v) is 12.7. The van der Waals surface area contributed by atoms with E-state index in [4.69, 9.17) is 9.47 Å². The number of rotatable bonds is 7. The van der Waals surface area contributed by atoms with Crippen LogP contribution in [0.15, 0.2) is 84.9 Å². The smallest absolute Gasteiger partial charge is 0.410 e. The van der Waals surface area contributed by atoms with E-state index in [-0.39, 0.29) is 6.61 Å². The maximum atomic E-state index is 13.2. The maximum absolute atomic E-state index is 13.2. The highest BCUT2D eigenvalue weighted by Gasteiger charge is 2.51. The number of nitrogens with zero attached hydrogens (tertiary/aromatic N) is 1. The molecular formula is C29H31NO4S.